The number of urea groups is 1. The average molecular weight is 290 g/mol. The number of hydrogen-bond acceptors (Lipinski definition) is 3. The van der Waals surface area contributed by atoms with Gasteiger partial charge in [0.05, 0.1) is 0 Å². The highest BCUT2D eigenvalue weighted by molar-refractivity contribution is 5.92. The Bertz CT molecular complexity index is 510. The molecule has 0 saturated carbocycles. The van der Waals surface area contributed by atoms with Gasteiger partial charge in [-0.05, 0) is 24.2 Å². The van der Waals surface area contributed by atoms with Crippen molar-refractivity contribution in [2.24, 2.45) is 5.73 Å². The SMILES string of the molecule is CCN1CCN(C(=O)NCc2cccc(C(N)=O)c2)CC1. The average Bonchev–Trinajstić information content (AvgIpc) is 2.53. The zero-order chi connectivity index (χ0) is 15.2. The third kappa shape index (κ3) is 4.19. The topological polar surface area (TPSA) is 78.7 Å². The normalized spacial score (nSPS) is 15.8. The van der Waals surface area contributed by atoms with E-state index in [1.165, 1.54) is 0 Å². The molecule has 6 nitrogen and oxygen atoms in total. The maximum absolute atomic E-state index is 12.1. The number of carbonyl (C=O) groups excluding carboxylic acids is 2. The van der Waals surface area contributed by atoms with Crippen LogP contribution in [0.15, 0.2) is 24.3 Å². The Labute approximate surface area is 124 Å². The van der Waals surface area contributed by atoms with Gasteiger partial charge in [0.15, 0.2) is 0 Å². The number of likely N-dealkylation sites (N-methyl/N-ethyl adjacent to an activating group) is 1. The van der Waals surface area contributed by atoms with Gasteiger partial charge < -0.3 is 20.9 Å². The third-order valence-corrected chi connectivity index (χ3v) is 3.76. The minimum Gasteiger partial charge on any atom is -0.366 e. The van der Waals surface area contributed by atoms with Crippen molar-refractivity contribution in [1.29, 1.82) is 0 Å². The lowest BCUT2D eigenvalue weighted by atomic mass is 10.1. The second-order valence-corrected chi connectivity index (χ2v) is 5.14. The summed E-state index contributed by atoms with van der Waals surface area (Å²) < 4.78 is 0. The summed E-state index contributed by atoms with van der Waals surface area (Å²) in [6, 6.07) is 6.94. The molecule has 3 N–H and O–H groups in total. The Hall–Kier alpha value is -2.08. The lowest BCUT2D eigenvalue weighted by molar-refractivity contribution is 0.1000. The second-order valence-electron chi connectivity index (χ2n) is 5.14. The molecule has 1 aliphatic rings. The Morgan fingerprint density at radius 1 is 1.24 bits per heavy atom. The number of nitrogens with two attached hydrogens (primary N) is 1. The molecule has 1 heterocycles. The number of hydrogen-bond donors (Lipinski definition) is 2. The molecule has 6 heteroatoms. The Balaban J connectivity index is 1.84. The number of piperazine rings is 1. The minimum atomic E-state index is -0.459. The van der Waals surface area contributed by atoms with Crippen molar-refractivity contribution in [3.8, 4) is 0 Å². The molecule has 0 bridgehead atoms. The van der Waals surface area contributed by atoms with Crippen LogP contribution in [-0.2, 0) is 6.54 Å². The highest BCUT2D eigenvalue weighted by Gasteiger charge is 2.19. The van der Waals surface area contributed by atoms with E-state index in [1.54, 1.807) is 18.2 Å². The monoisotopic (exact) mass is 290 g/mol. The summed E-state index contributed by atoms with van der Waals surface area (Å²) in [4.78, 5) is 27.4. The van der Waals surface area contributed by atoms with E-state index >= 15 is 0 Å². The fourth-order valence-corrected chi connectivity index (χ4v) is 2.39. The van der Waals surface area contributed by atoms with Crippen molar-refractivity contribution in [3.63, 3.8) is 0 Å². The van der Waals surface area contributed by atoms with Crippen LogP contribution in [0.4, 0.5) is 4.79 Å². The zero-order valence-electron chi connectivity index (χ0n) is 12.3. The summed E-state index contributed by atoms with van der Waals surface area (Å²) in [6.07, 6.45) is 0. The van der Waals surface area contributed by atoms with E-state index in [0.29, 0.717) is 12.1 Å². The minimum absolute atomic E-state index is 0.0600. The predicted octanol–water partition coefficient (Wildman–Crippen LogP) is 0.633. The van der Waals surface area contributed by atoms with Crippen LogP contribution >= 0.6 is 0 Å². The summed E-state index contributed by atoms with van der Waals surface area (Å²) in [5.74, 6) is -0.459. The molecule has 0 radical (unpaired) electrons. The van der Waals surface area contributed by atoms with Gasteiger partial charge >= 0.3 is 6.03 Å². The van der Waals surface area contributed by atoms with Crippen LogP contribution in [0.2, 0.25) is 0 Å². The molecule has 21 heavy (non-hydrogen) atoms. The zero-order valence-corrected chi connectivity index (χ0v) is 12.3. The quantitative estimate of drug-likeness (QED) is 0.854. The number of primary amides is 1. The number of carbonyl (C=O) groups is 2. The fraction of sp³-hybridized carbons (Fsp3) is 0.467. The first-order chi connectivity index (χ1) is 10.1. The van der Waals surface area contributed by atoms with Gasteiger partial charge in [-0.3, -0.25) is 4.79 Å². The fourth-order valence-electron chi connectivity index (χ4n) is 2.39. The lowest BCUT2D eigenvalue weighted by Crippen LogP contribution is -2.51. The summed E-state index contributed by atoms with van der Waals surface area (Å²) in [7, 11) is 0. The standard InChI is InChI=1S/C15H22N4O2/c1-2-18-6-8-19(9-7-18)15(21)17-11-12-4-3-5-13(10-12)14(16)20/h3-5,10H,2,6-9,11H2,1H3,(H2,16,20)(H,17,21). The number of benzene rings is 1. The maximum atomic E-state index is 12.1. The molecular weight excluding hydrogens is 268 g/mol. The highest BCUT2D eigenvalue weighted by atomic mass is 16.2. The smallest absolute Gasteiger partial charge is 0.317 e. The van der Waals surface area contributed by atoms with Crippen LogP contribution in [0.5, 0.6) is 0 Å². The lowest BCUT2D eigenvalue weighted by Gasteiger charge is -2.34. The van der Waals surface area contributed by atoms with E-state index in [-0.39, 0.29) is 6.03 Å². The number of amides is 3. The van der Waals surface area contributed by atoms with E-state index in [2.05, 4.69) is 17.1 Å². The highest BCUT2D eigenvalue weighted by Crippen LogP contribution is 2.06. The van der Waals surface area contributed by atoms with Gasteiger partial charge in [-0.1, -0.05) is 19.1 Å². The molecule has 0 aliphatic carbocycles. The van der Waals surface area contributed by atoms with E-state index < -0.39 is 5.91 Å². The number of nitrogens with one attached hydrogen (secondary N) is 1. The van der Waals surface area contributed by atoms with Gasteiger partial charge in [0.25, 0.3) is 0 Å². The summed E-state index contributed by atoms with van der Waals surface area (Å²) in [6.45, 7) is 6.88. The molecule has 1 aliphatic heterocycles. The third-order valence-electron chi connectivity index (χ3n) is 3.76. The maximum Gasteiger partial charge on any atom is 0.317 e. The molecule has 3 amide bonds. The van der Waals surface area contributed by atoms with Crippen LogP contribution in [0, 0.1) is 0 Å². The largest absolute Gasteiger partial charge is 0.366 e. The van der Waals surface area contributed by atoms with E-state index in [4.69, 9.17) is 5.73 Å². The molecule has 0 atom stereocenters. The molecule has 0 aromatic heterocycles. The Morgan fingerprint density at radius 2 is 1.95 bits per heavy atom. The van der Waals surface area contributed by atoms with E-state index in [9.17, 15) is 9.59 Å². The van der Waals surface area contributed by atoms with Crippen LogP contribution < -0.4 is 11.1 Å². The Kier molecular flexibility index (Phi) is 5.16. The number of rotatable bonds is 4. The molecule has 1 saturated heterocycles. The van der Waals surface area contributed by atoms with E-state index in [1.807, 2.05) is 11.0 Å². The van der Waals surface area contributed by atoms with Crippen molar-refractivity contribution < 1.29 is 9.59 Å². The molecule has 1 fully saturated rings. The van der Waals surface area contributed by atoms with Crippen LogP contribution in [0.3, 0.4) is 0 Å². The van der Waals surface area contributed by atoms with Gasteiger partial charge in [0.2, 0.25) is 5.91 Å². The van der Waals surface area contributed by atoms with Crippen molar-refractivity contribution in [2.45, 2.75) is 13.5 Å². The molecule has 2 rings (SSSR count). The van der Waals surface area contributed by atoms with Gasteiger partial charge in [0, 0.05) is 38.3 Å². The van der Waals surface area contributed by atoms with E-state index in [0.717, 1.165) is 38.3 Å². The van der Waals surface area contributed by atoms with Gasteiger partial charge in [-0.25, -0.2) is 4.79 Å². The molecule has 0 spiro atoms. The molecule has 1 aromatic rings. The predicted molar refractivity (Wildman–Crippen MR) is 80.9 cm³/mol. The van der Waals surface area contributed by atoms with Gasteiger partial charge in [-0.15, -0.1) is 0 Å². The molecular formula is C15H22N4O2. The van der Waals surface area contributed by atoms with Crippen LogP contribution in [0.25, 0.3) is 0 Å². The summed E-state index contributed by atoms with van der Waals surface area (Å²) in [5, 5.41) is 2.88. The van der Waals surface area contributed by atoms with Gasteiger partial charge in [-0.2, -0.15) is 0 Å². The van der Waals surface area contributed by atoms with Crippen LogP contribution in [-0.4, -0.2) is 54.5 Å². The first kappa shape index (κ1) is 15.3. The second kappa shape index (κ2) is 7.08. The molecule has 0 unspecified atom stereocenters. The van der Waals surface area contributed by atoms with Crippen molar-refractivity contribution >= 4 is 11.9 Å². The van der Waals surface area contributed by atoms with Crippen LogP contribution in [0.1, 0.15) is 22.8 Å². The van der Waals surface area contributed by atoms with Crippen molar-refractivity contribution in [2.75, 3.05) is 32.7 Å². The summed E-state index contributed by atoms with van der Waals surface area (Å²) in [5.41, 5.74) is 6.57. The number of nitrogens with zero attached hydrogens (tertiary/aromatic N) is 2. The van der Waals surface area contributed by atoms with Crippen molar-refractivity contribution in [3.05, 3.63) is 35.4 Å². The van der Waals surface area contributed by atoms with Gasteiger partial charge in [0.1, 0.15) is 0 Å². The summed E-state index contributed by atoms with van der Waals surface area (Å²) >= 11 is 0. The molecule has 114 valence electrons. The first-order valence-corrected chi connectivity index (χ1v) is 7.24. The Morgan fingerprint density at radius 3 is 2.57 bits per heavy atom. The molecule has 1 aromatic carbocycles. The van der Waals surface area contributed by atoms with Crippen molar-refractivity contribution in [1.82, 2.24) is 15.1 Å². The first-order valence-electron chi connectivity index (χ1n) is 7.24.